The number of fused-ring (bicyclic) bond motifs is 1. The molecule has 1 amide bonds. The van der Waals surface area contributed by atoms with Gasteiger partial charge in [0.2, 0.25) is 0 Å². The highest BCUT2D eigenvalue weighted by Crippen LogP contribution is 2.26. The van der Waals surface area contributed by atoms with Gasteiger partial charge in [0.15, 0.2) is 0 Å². The number of benzene rings is 2. The zero-order chi connectivity index (χ0) is 22.0. The maximum atomic E-state index is 13.4. The molecular formula is C25H24FN3O2. The lowest BCUT2D eigenvalue weighted by atomic mass is 10.0. The summed E-state index contributed by atoms with van der Waals surface area (Å²) in [5, 5.41) is 7.57. The van der Waals surface area contributed by atoms with Gasteiger partial charge in [-0.05, 0) is 75.2 Å². The van der Waals surface area contributed by atoms with Crippen LogP contribution in [0.15, 0.2) is 48.5 Å². The molecule has 5 nitrogen and oxygen atoms in total. The third kappa shape index (κ3) is 4.68. The number of rotatable bonds is 3. The normalized spacial score (nSPS) is 15.2. The molecule has 31 heavy (non-hydrogen) atoms. The Kier molecular flexibility index (Phi) is 5.88. The fourth-order valence-corrected chi connectivity index (χ4v) is 3.48. The van der Waals surface area contributed by atoms with Gasteiger partial charge in [-0.1, -0.05) is 5.92 Å². The molecule has 0 saturated carbocycles. The van der Waals surface area contributed by atoms with Crippen molar-refractivity contribution in [2.24, 2.45) is 0 Å². The van der Waals surface area contributed by atoms with E-state index in [1.165, 1.54) is 12.1 Å². The Hall–Kier alpha value is -3.43. The molecule has 4 rings (SSSR count). The first-order valence-electron chi connectivity index (χ1n) is 10.3. The molecule has 1 atom stereocenters. The van der Waals surface area contributed by atoms with Crippen molar-refractivity contribution in [3.8, 4) is 17.5 Å². The fraction of sp³-hybridized carbons (Fsp3) is 0.280. The standard InChI is InChI=1S/C25H24FN3O2/c1-16(2)27-25(30)19-7-4-18(5-8-19)6-13-23-22-15-31-17(3)14-24(22)29(28-23)21-11-9-20(26)10-12-21/h4-5,7-12,16-17H,14-15H2,1-3H3,(H,27,30)/t17-/m0/s1. The smallest absolute Gasteiger partial charge is 0.251 e. The number of hydrogen-bond acceptors (Lipinski definition) is 3. The number of aromatic nitrogens is 2. The van der Waals surface area contributed by atoms with E-state index >= 15 is 0 Å². The molecule has 0 unspecified atom stereocenters. The lowest BCUT2D eigenvalue weighted by Crippen LogP contribution is -2.29. The van der Waals surface area contributed by atoms with Crippen molar-refractivity contribution in [3.63, 3.8) is 0 Å². The van der Waals surface area contributed by atoms with Crippen molar-refractivity contribution in [2.75, 3.05) is 0 Å². The number of amides is 1. The number of carbonyl (C=O) groups excluding carboxylic acids is 1. The molecule has 0 bridgehead atoms. The molecule has 1 aliphatic heterocycles. The largest absolute Gasteiger partial charge is 0.373 e. The van der Waals surface area contributed by atoms with E-state index in [-0.39, 0.29) is 23.9 Å². The van der Waals surface area contributed by atoms with E-state index in [4.69, 9.17) is 9.84 Å². The minimum Gasteiger partial charge on any atom is -0.373 e. The summed E-state index contributed by atoms with van der Waals surface area (Å²) in [7, 11) is 0. The van der Waals surface area contributed by atoms with Crippen LogP contribution in [0, 0.1) is 17.7 Å². The van der Waals surface area contributed by atoms with Crippen molar-refractivity contribution in [2.45, 2.75) is 45.9 Å². The van der Waals surface area contributed by atoms with E-state index in [1.807, 2.05) is 37.6 Å². The maximum Gasteiger partial charge on any atom is 0.251 e. The molecule has 2 heterocycles. The van der Waals surface area contributed by atoms with Gasteiger partial charge in [0.05, 0.1) is 24.1 Å². The molecular weight excluding hydrogens is 393 g/mol. The number of nitrogens with zero attached hydrogens (tertiary/aromatic N) is 2. The van der Waals surface area contributed by atoms with Crippen molar-refractivity contribution < 1.29 is 13.9 Å². The molecule has 0 aliphatic carbocycles. The Labute approximate surface area is 181 Å². The minimum atomic E-state index is -0.285. The van der Waals surface area contributed by atoms with E-state index in [0.717, 1.165) is 22.5 Å². The number of hydrogen-bond donors (Lipinski definition) is 1. The van der Waals surface area contributed by atoms with Crippen LogP contribution in [0.3, 0.4) is 0 Å². The zero-order valence-electron chi connectivity index (χ0n) is 17.8. The molecule has 1 N–H and O–H groups in total. The summed E-state index contributed by atoms with van der Waals surface area (Å²) in [6.07, 6.45) is 0.787. The molecule has 1 aliphatic rings. The van der Waals surface area contributed by atoms with Crippen molar-refractivity contribution in [3.05, 3.63) is 82.4 Å². The van der Waals surface area contributed by atoms with E-state index in [9.17, 15) is 9.18 Å². The predicted molar refractivity (Wildman–Crippen MR) is 117 cm³/mol. The third-order valence-electron chi connectivity index (χ3n) is 5.05. The molecule has 2 aromatic carbocycles. The van der Waals surface area contributed by atoms with Crippen LogP contribution in [0.2, 0.25) is 0 Å². The first-order chi connectivity index (χ1) is 14.9. The number of ether oxygens (including phenoxy) is 1. The van der Waals surface area contributed by atoms with Gasteiger partial charge in [-0.3, -0.25) is 4.79 Å². The average Bonchev–Trinajstić information content (AvgIpc) is 3.10. The first kappa shape index (κ1) is 20.8. The topological polar surface area (TPSA) is 56.2 Å². The molecule has 158 valence electrons. The molecule has 0 spiro atoms. The van der Waals surface area contributed by atoms with Crippen LogP contribution in [-0.2, 0) is 17.8 Å². The van der Waals surface area contributed by atoms with Gasteiger partial charge in [-0.25, -0.2) is 9.07 Å². The average molecular weight is 417 g/mol. The van der Waals surface area contributed by atoms with Gasteiger partial charge in [0.25, 0.3) is 5.91 Å². The highest BCUT2D eigenvalue weighted by Gasteiger charge is 2.24. The SMILES string of the molecule is CC(C)NC(=O)c1ccc(C#Cc2nn(-c3ccc(F)cc3)c3c2CO[C@@H](C)C3)cc1. The highest BCUT2D eigenvalue weighted by atomic mass is 19.1. The fourth-order valence-electron chi connectivity index (χ4n) is 3.48. The lowest BCUT2D eigenvalue weighted by molar-refractivity contribution is 0.0397. The number of halogens is 1. The number of carbonyl (C=O) groups is 1. The second kappa shape index (κ2) is 8.75. The second-order valence-electron chi connectivity index (χ2n) is 7.94. The molecule has 6 heteroatoms. The predicted octanol–water partition coefficient (Wildman–Crippen LogP) is 4.01. The zero-order valence-corrected chi connectivity index (χ0v) is 17.8. The van der Waals surface area contributed by atoms with Crippen LogP contribution in [-0.4, -0.2) is 27.8 Å². The van der Waals surface area contributed by atoms with Crippen LogP contribution in [0.1, 0.15) is 53.6 Å². The van der Waals surface area contributed by atoms with Gasteiger partial charge in [-0.2, -0.15) is 5.10 Å². The number of nitrogens with one attached hydrogen (secondary N) is 1. The van der Waals surface area contributed by atoms with Crippen LogP contribution in [0.25, 0.3) is 5.69 Å². The second-order valence-corrected chi connectivity index (χ2v) is 7.94. The van der Waals surface area contributed by atoms with E-state index in [2.05, 4.69) is 17.2 Å². The Morgan fingerprint density at radius 3 is 2.55 bits per heavy atom. The summed E-state index contributed by atoms with van der Waals surface area (Å²) < 4.78 is 21.0. The molecule has 0 fully saturated rings. The van der Waals surface area contributed by atoms with E-state index in [1.54, 1.807) is 24.3 Å². The Bertz CT molecular complexity index is 1150. The summed E-state index contributed by atoms with van der Waals surface area (Å²) in [5.41, 5.74) is 4.82. The van der Waals surface area contributed by atoms with Gasteiger partial charge < -0.3 is 10.1 Å². The van der Waals surface area contributed by atoms with Gasteiger partial charge in [0.1, 0.15) is 11.5 Å². The monoisotopic (exact) mass is 417 g/mol. The molecule has 3 aromatic rings. The minimum absolute atomic E-state index is 0.0775. The Morgan fingerprint density at radius 1 is 1.16 bits per heavy atom. The molecule has 0 saturated heterocycles. The highest BCUT2D eigenvalue weighted by molar-refractivity contribution is 5.94. The molecule has 0 radical (unpaired) electrons. The Balaban J connectivity index is 1.64. The van der Waals surface area contributed by atoms with E-state index < -0.39 is 0 Å². The summed E-state index contributed by atoms with van der Waals surface area (Å²) in [5.74, 6) is 5.89. The lowest BCUT2D eigenvalue weighted by Gasteiger charge is -2.20. The van der Waals surface area contributed by atoms with E-state index in [0.29, 0.717) is 24.3 Å². The quantitative estimate of drug-likeness (QED) is 0.655. The first-order valence-corrected chi connectivity index (χ1v) is 10.3. The Morgan fingerprint density at radius 2 is 1.87 bits per heavy atom. The van der Waals surface area contributed by atoms with Crippen LogP contribution < -0.4 is 5.32 Å². The summed E-state index contributed by atoms with van der Waals surface area (Å²) in [4.78, 5) is 12.1. The van der Waals surface area contributed by atoms with Gasteiger partial charge >= 0.3 is 0 Å². The van der Waals surface area contributed by atoms with Gasteiger partial charge in [-0.15, -0.1) is 0 Å². The summed E-state index contributed by atoms with van der Waals surface area (Å²) in [6.45, 7) is 6.31. The summed E-state index contributed by atoms with van der Waals surface area (Å²) in [6, 6.07) is 13.5. The van der Waals surface area contributed by atoms with Crippen LogP contribution in [0.5, 0.6) is 0 Å². The van der Waals surface area contributed by atoms with Crippen molar-refractivity contribution in [1.82, 2.24) is 15.1 Å². The summed E-state index contributed by atoms with van der Waals surface area (Å²) >= 11 is 0. The van der Waals surface area contributed by atoms with Gasteiger partial charge in [0, 0.05) is 29.2 Å². The van der Waals surface area contributed by atoms with Crippen LogP contribution in [0.4, 0.5) is 4.39 Å². The maximum absolute atomic E-state index is 13.4. The van der Waals surface area contributed by atoms with Crippen molar-refractivity contribution >= 4 is 5.91 Å². The molecule has 1 aromatic heterocycles. The third-order valence-corrected chi connectivity index (χ3v) is 5.05. The van der Waals surface area contributed by atoms with Crippen molar-refractivity contribution in [1.29, 1.82) is 0 Å². The van der Waals surface area contributed by atoms with Crippen LogP contribution >= 0.6 is 0 Å².